The van der Waals surface area contributed by atoms with E-state index >= 15 is 0 Å². The first-order valence-corrected chi connectivity index (χ1v) is 7.12. The topological polar surface area (TPSA) is 87.9 Å². The maximum atomic E-state index is 4.46. The molecule has 0 saturated carbocycles. The Labute approximate surface area is 121 Å². The molecule has 3 aromatic rings. The fourth-order valence-corrected chi connectivity index (χ4v) is 2.88. The van der Waals surface area contributed by atoms with Gasteiger partial charge in [-0.25, -0.2) is 14.5 Å². The Bertz CT molecular complexity index is 686. The second-order valence-corrected chi connectivity index (χ2v) is 5.34. The molecule has 1 atom stereocenters. The SMILES string of the molecule is c1cnc2nc(CN3CCCC(c4ncn[nH]4)C3)nn2c1. The van der Waals surface area contributed by atoms with Crippen LogP contribution in [0.5, 0.6) is 0 Å². The van der Waals surface area contributed by atoms with Crippen LogP contribution in [0.4, 0.5) is 0 Å². The van der Waals surface area contributed by atoms with Crippen LogP contribution < -0.4 is 0 Å². The lowest BCUT2D eigenvalue weighted by Crippen LogP contribution is -2.34. The minimum absolute atomic E-state index is 0.413. The van der Waals surface area contributed by atoms with Gasteiger partial charge in [0.1, 0.15) is 12.2 Å². The van der Waals surface area contributed by atoms with E-state index in [-0.39, 0.29) is 0 Å². The van der Waals surface area contributed by atoms with Crippen LogP contribution in [-0.4, -0.2) is 52.8 Å². The Balaban J connectivity index is 1.48. The lowest BCUT2D eigenvalue weighted by molar-refractivity contribution is 0.192. The van der Waals surface area contributed by atoms with E-state index in [0.29, 0.717) is 11.7 Å². The molecular weight excluding hydrogens is 268 g/mol. The normalized spacial score (nSPS) is 20.1. The number of piperidine rings is 1. The number of likely N-dealkylation sites (tertiary alicyclic amines) is 1. The molecule has 1 unspecified atom stereocenters. The molecule has 0 aliphatic carbocycles. The van der Waals surface area contributed by atoms with E-state index in [4.69, 9.17) is 0 Å². The number of hydrogen-bond donors (Lipinski definition) is 1. The van der Waals surface area contributed by atoms with Crippen LogP contribution in [0.1, 0.15) is 30.4 Å². The Hall–Kier alpha value is -2.35. The van der Waals surface area contributed by atoms with Crippen molar-refractivity contribution in [2.24, 2.45) is 0 Å². The van der Waals surface area contributed by atoms with Crippen LogP contribution >= 0.6 is 0 Å². The van der Waals surface area contributed by atoms with E-state index < -0.39 is 0 Å². The summed E-state index contributed by atoms with van der Waals surface area (Å²) in [6, 6.07) is 1.85. The zero-order valence-corrected chi connectivity index (χ0v) is 11.6. The van der Waals surface area contributed by atoms with Gasteiger partial charge in [-0.05, 0) is 25.5 Å². The molecule has 0 spiro atoms. The molecule has 3 aromatic heterocycles. The van der Waals surface area contributed by atoms with Crippen molar-refractivity contribution in [1.82, 2.24) is 39.7 Å². The molecule has 0 radical (unpaired) electrons. The summed E-state index contributed by atoms with van der Waals surface area (Å²) < 4.78 is 1.72. The highest BCUT2D eigenvalue weighted by Crippen LogP contribution is 2.24. The Morgan fingerprint density at radius 1 is 1.33 bits per heavy atom. The summed E-state index contributed by atoms with van der Waals surface area (Å²) in [4.78, 5) is 15.3. The first kappa shape index (κ1) is 12.4. The fraction of sp³-hybridized carbons (Fsp3) is 0.462. The summed E-state index contributed by atoms with van der Waals surface area (Å²) in [7, 11) is 0. The van der Waals surface area contributed by atoms with Crippen molar-refractivity contribution in [2.45, 2.75) is 25.3 Å². The van der Waals surface area contributed by atoms with Crippen LogP contribution in [0.2, 0.25) is 0 Å². The predicted octanol–water partition coefficient (Wildman–Crippen LogP) is 0.622. The van der Waals surface area contributed by atoms with Gasteiger partial charge in [0.15, 0.2) is 5.82 Å². The zero-order chi connectivity index (χ0) is 14.1. The highest BCUT2D eigenvalue weighted by atomic mass is 15.3. The molecule has 108 valence electrons. The molecule has 4 heterocycles. The molecular formula is C13H16N8. The highest BCUT2D eigenvalue weighted by Gasteiger charge is 2.24. The van der Waals surface area contributed by atoms with Gasteiger partial charge in [-0.1, -0.05) is 0 Å². The minimum atomic E-state index is 0.413. The molecule has 8 nitrogen and oxygen atoms in total. The zero-order valence-electron chi connectivity index (χ0n) is 11.6. The maximum absolute atomic E-state index is 4.46. The molecule has 0 amide bonds. The second kappa shape index (κ2) is 5.21. The smallest absolute Gasteiger partial charge is 0.252 e. The first-order valence-electron chi connectivity index (χ1n) is 7.12. The number of nitrogens with one attached hydrogen (secondary N) is 1. The Kier molecular flexibility index (Phi) is 3.07. The lowest BCUT2D eigenvalue weighted by atomic mass is 9.97. The van der Waals surface area contributed by atoms with Gasteiger partial charge in [0.2, 0.25) is 0 Å². The van der Waals surface area contributed by atoms with Gasteiger partial charge < -0.3 is 0 Å². The van der Waals surface area contributed by atoms with Crippen molar-refractivity contribution < 1.29 is 0 Å². The standard InChI is InChI=1S/C13H16N8/c1-3-10(12-15-9-16-18-12)7-20(5-1)8-11-17-13-14-4-2-6-21(13)19-11/h2,4,6,9-10H,1,3,5,7-8H2,(H,15,16,18). The summed E-state index contributed by atoms with van der Waals surface area (Å²) >= 11 is 0. The molecule has 8 heteroatoms. The van der Waals surface area contributed by atoms with Crippen molar-refractivity contribution in [3.05, 3.63) is 36.4 Å². The van der Waals surface area contributed by atoms with Crippen LogP contribution in [0.3, 0.4) is 0 Å². The van der Waals surface area contributed by atoms with Crippen LogP contribution in [-0.2, 0) is 6.54 Å². The number of rotatable bonds is 3. The quantitative estimate of drug-likeness (QED) is 0.758. The van der Waals surface area contributed by atoms with E-state index in [1.165, 1.54) is 0 Å². The summed E-state index contributed by atoms with van der Waals surface area (Å²) in [5.74, 6) is 2.85. The van der Waals surface area contributed by atoms with Crippen molar-refractivity contribution >= 4 is 5.78 Å². The molecule has 1 N–H and O–H groups in total. The molecule has 0 bridgehead atoms. The number of H-pyrrole nitrogens is 1. The number of hydrogen-bond acceptors (Lipinski definition) is 6. The van der Waals surface area contributed by atoms with Crippen LogP contribution in [0.25, 0.3) is 5.78 Å². The fourth-order valence-electron chi connectivity index (χ4n) is 2.88. The molecule has 4 rings (SSSR count). The van der Waals surface area contributed by atoms with Crippen LogP contribution in [0, 0.1) is 0 Å². The van der Waals surface area contributed by atoms with E-state index in [1.807, 2.05) is 12.3 Å². The van der Waals surface area contributed by atoms with Crippen molar-refractivity contribution in [3.8, 4) is 0 Å². The van der Waals surface area contributed by atoms with Crippen molar-refractivity contribution in [3.63, 3.8) is 0 Å². The predicted molar refractivity (Wildman–Crippen MR) is 74.4 cm³/mol. The van der Waals surface area contributed by atoms with Gasteiger partial charge in [-0.2, -0.15) is 10.1 Å². The molecule has 0 aromatic carbocycles. The Morgan fingerprint density at radius 3 is 3.19 bits per heavy atom. The van der Waals surface area contributed by atoms with Gasteiger partial charge in [0, 0.05) is 24.9 Å². The second-order valence-electron chi connectivity index (χ2n) is 5.34. The van der Waals surface area contributed by atoms with Crippen molar-refractivity contribution in [1.29, 1.82) is 0 Å². The van der Waals surface area contributed by atoms with Crippen LogP contribution in [0.15, 0.2) is 24.8 Å². The van der Waals surface area contributed by atoms with Crippen molar-refractivity contribution in [2.75, 3.05) is 13.1 Å². The third kappa shape index (κ3) is 2.49. The molecule has 1 aliphatic rings. The largest absolute Gasteiger partial charge is 0.295 e. The molecule has 21 heavy (non-hydrogen) atoms. The van der Waals surface area contributed by atoms with Gasteiger partial charge >= 0.3 is 0 Å². The van der Waals surface area contributed by atoms with E-state index in [0.717, 1.165) is 44.1 Å². The van der Waals surface area contributed by atoms with E-state index in [1.54, 1.807) is 17.0 Å². The number of nitrogens with zero attached hydrogens (tertiary/aromatic N) is 7. The molecule has 1 fully saturated rings. The average molecular weight is 284 g/mol. The van der Waals surface area contributed by atoms with Gasteiger partial charge in [-0.3, -0.25) is 10.00 Å². The van der Waals surface area contributed by atoms with E-state index in [2.05, 4.69) is 35.1 Å². The van der Waals surface area contributed by atoms with E-state index in [9.17, 15) is 0 Å². The number of aromatic nitrogens is 7. The average Bonchev–Trinajstić information content (AvgIpc) is 3.16. The third-order valence-electron chi connectivity index (χ3n) is 3.85. The molecule has 1 aliphatic heterocycles. The summed E-state index contributed by atoms with van der Waals surface area (Å²) in [6.45, 7) is 2.76. The summed E-state index contributed by atoms with van der Waals surface area (Å²) in [5, 5.41) is 11.4. The third-order valence-corrected chi connectivity index (χ3v) is 3.85. The Morgan fingerprint density at radius 2 is 2.33 bits per heavy atom. The molecule has 1 saturated heterocycles. The number of aromatic amines is 1. The van der Waals surface area contributed by atoms with Gasteiger partial charge in [0.05, 0.1) is 6.54 Å². The highest BCUT2D eigenvalue weighted by molar-refractivity contribution is 5.24. The van der Waals surface area contributed by atoms with Gasteiger partial charge in [-0.15, -0.1) is 5.10 Å². The summed E-state index contributed by atoms with van der Waals surface area (Å²) in [6.07, 6.45) is 7.47. The number of fused-ring (bicyclic) bond motifs is 1. The monoisotopic (exact) mass is 284 g/mol. The minimum Gasteiger partial charge on any atom is -0.295 e. The maximum Gasteiger partial charge on any atom is 0.252 e. The first-order chi connectivity index (χ1) is 10.4. The lowest BCUT2D eigenvalue weighted by Gasteiger charge is -2.30. The summed E-state index contributed by atoms with van der Waals surface area (Å²) in [5.41, 5.74) is 0. The van der Waals surface area contributed by atoms with Gasteiger partial charge in [0.25, 0.3) is 5.78 Å².